The van der Waals surface area contributed by atoms with Crippen LogP contribution in [0.3, 0.4) is 0 Å². The van der Waals surface area contributed by atoms with Crippen LogP contribution in [0.1, 0.15) is 46.3 Å². The Morgan fingerprint density at radius 3 is 2.56 bits per heavy atom. The van der Waals surface area contributed by atoms with Crippen LogP contribution >= 0.6 is 0 Å². The topological polar surface area (TPSA) is 128 Å². The van der Waals surface area contributed by atoms with E-state index in [1.807, 2.05) is 14.0 Å². The van der Waals surface area contributed by atoms with E-state index in [2.05, 4.69) is 10.3 Å². The largest absolute Gasteiger partial charge is 0.507 e. The molecule has 4 rings (SSSR count). The Morgan fingerprint density at radius 1 is 1.31 bits per heavy atom. The molecule has 1 aliphatic rings. The van der Waals surface area contributed by atoms with Crippen molar-refractivity contribution < 1.29 is 19.0 Å². The number of phenolic OH excluding ortho intramolecular Hbond substituents is 1. The van der Waals surface area contributed by atoms with Crippen LogP contribution in [-0.4, -0.2) is 39.8 Å². The van der Waals surface area contributed by atoms with E-state index in [-0.39, 0.29) is 28.2 Å². The van der Waals surface area contributed by atoms with Gasteiger partial charge < -0.3 is 26.6 Å². The number of phenols is 1. The lowest BCUT2D eigenvalue weighted by molar-refractivity contribution is 0.100. The molecule has 1 saturated carbocycles. The Bertz CT molecular complexity index is 1220. The molecule has 1 aliphatic carbocycles. The number of amides is 1. The predicted molar refractivity (Wildman–Crippen MR) is 121 cm³/mol. The molecule has 170 valence electrons. The van der Waals surface area contributed by atoms with Gasteiger partial charge in [0, 0.05) is 28.1 Å². The van der Waals surface area contributed by atoms with Crippen molar-refractivity contribution in [3.05, 3.63) is 40.2 Å². The van der Waals surface area contributed by atoms with Crippen LogP contribution in [0, 0.1) is 26.6 Å². The second kappa shape index (κ2) is 7.67. The van der Waals surface area contributed by atoms with Gasteiger partial charge in [-0.3, -0.25) is 9.36 Å². The molecule has 2 aromatic heterocycles. The second-order valence-electron chi connectivity index (χ2n) is 8.59. The summed E-state index contributed by atoms with van der Waals surface area (Å²) in [5.41, 5.74) is 14.0. The van der Waals surface area contributed by atoms with Crippen molar-refractivity contribution in [2.45, 2.75) is 45.6 Å². The number of aryl methyl sites for hydroxylation is 1. The zero-order valence-corrected chi connectivity index (χ0v) is 18.7. The van der Waals surface area contributed by atoms with E-state index in [9.17, 15) is 14.3 Å². The Hall–Kier alpha value is -3.33. The molecule has 0 bridgehead atoms. The van der Waals surface area contributed by atoms with Crippen molar-refractivity contribution in [1.29, 1.82) is 0 Å². The van der Waals surface area contributed by atoms with Crippen molar-refractivity contribution >= 4 is 22.8 Å². The number of benzene rings is 1. The summed E-state index contributed by atoms with van der Waals surface area (Å²) in [6.45, 7) is 5.49. The van der Waals surface area contributed by atoms with Gasteiger partial charge in [0.2, 0.25) is 5.88 Å². The number of likely N-dealkylation sites (N-methyl/N-ethyl adjacent to an activating group) is 1. The molecule has 0 unspecified atom stereocenters. The minimum absolute atomic E-state index is 0.0263. The fraction of sp³-hybridized carbons (Fsp3) is 0.391. The first-order chi connectivity index (χ1) is 15.1. The lowest BCUT2D eigenvalue weighted by Gasteiger charge is -2.41. The summed E-state index contributed by atoms with van der Waals surface area (Å²) in [5, 5.41) is 14.0. The molecular weight excluding hydrogens is 413 g/mol. The number of fused-ring (bicyclic) bond motifs is 1. The molecule has 32 heavy (non-hydrogen) atoms. The third-order valence-corrected chi connectivity index (χ3v) is 6.64. The van der Waals surface area contributed by atoms with E-state index in [1.54, 1.807) is 19.9 Å². The van der Waals surface area contributed by atoms with Crippen molar-refractivity contribution in [3.8, 4) is 17.3 Å². The molecule has 0 spiro atoms. The molecule has 0 saturated heterocycles. The first-order valence-electron chi connectivity index (χ1n) is 10.5. The van der Waals surface area contributed by atoms with Gasteiger partial charge in [0.1, 0.15) is 24.0 Å². The van der Waals surface area contributed by atoms with Gasteiger partial charge in [-0.1, -0.05) is 0 Å². The minimum Gasteiger partial charge on any atom is -0.507 e. The number of primary amides is 1. The van der Waals surface area contributed by atoms with E-state index in [4.69, 9.17) is 16.2 Å². The predicted octanol–water partition coefficient (Wildman–Crippen LogP) is 3.00. The van der Waals surface area contributed by atoms with Gasteiger partial charge in [0.15, 0.2) is 5.65 Å². The van der Waals surface area contributed by atoms with E-state index in [0.717, 1.165) is 30.9 Å². The van der Waals surface area contributed by atoms with Crippen LogP contribution in [0.15, 0.2) is 12.1 Å². The number of nitrogens with zero attached hydrogens (tertiary/aromatic N) is 2. The summed E-state index contributed by atoms with van der Waals surface area (Å²) < 4.78 is 22.1. The summed E-state index contributed by atoms with van der Waals surface area (Å²) in [6, 6.07) is 2.80. The van der Waals surface area contributed by atoms with Gasteiger partial charge in [-0.2, -0.15) is 4.98 Å². The molecule has 3 aromatic rings. The standard InChI is InChI=1S/C23H28FN5O3/c1-11-8-14-17(20(26)31)19(25)29(18-12(2)15(24)9-16(30)13(18)3)21(14)28-22(11)32-10-23(27-4)6-5-7-23/h8-9,27,30H,5-7,10,25H2,1-4H3,(H2,26,31). The molecule has 1 fully saturated rings. The average molecular weight is 442 g/mol. The van der Waals surface area contributed by atoms with Crippen LogP contribution in [0.25, 0.3) is 16.7 Å². The number of carbonyl (C=O) groups excluding carboxylic acids is 1. The first kappa shape index (κ1) is 21.9. The highest BCUT2D eigenvalue weighted by molar-refractivity contribution is 6.11. The van der Waals surface area contributed by atoms with Crippen LogP contribution < -0.4 is 21.5 Å². The molecule has 8 nitrogen and oxygen atoms in total. The lowest BCUT2D eigenvalue weighted by Crippen LogP contribution is -2.53. The van der Waals surface area contributed by atoms with Gasteiger partial charge in [-0.05, 0) is 53.1 Å². The number of ether oxygens (including phenoxy) is 1. The van der Waals surface area contributed by atoms with Crippen LogP contribution in [0.5, 0.6) is 11.6 Å². The fourth-order valence-electron chi connectivity index (χ4n) is 4.40. The maximum absolute atomic E-state index is 14.5. The highest BCUT2D eigenvalue weighted by Crippen LogP contribution is 2.38. The number of hydrogen-bond acceptors (Lipinski definition) is 6. The Labute approximate surface area is 185 Å². The summed E-state index contributed by atoms with van der Waals surface area (Å²) in [7, 11) is 1.92. The molecule has 2 heterocycles. The quantitative estimate of drug-likeness (QED) is 0.466. The third kappa shape index (κ3) is 3.24. The number of nitrogens with one attached hydrogen (secondary N) is 1. The van der Waals surface area contributed by atoms with E-state index >= 15 is 0 Å². The Morgan fingerprint density at radius 2 is 2.00 bits per heavy atom. The molecule has 0 aliphatic heterocycles. The fourth-order valence-corrected chi connectivity index (χ4v) is 4.40. The first-order valence-corrected chi connectivity index (χ1v) is 10.5. The summed E-state index contributed by atoms with van der Waals surface area (Å²) in [6.07, 6.45) is 3.17. The Balaban J connectivity index is 1.95. The summed E-state index contributed by atoms with van der Waals surface area (Å²) in [4.78, 5) is 16.9. The number of nitrogen functional groups attached to an aromatic ring is 1. The molecule has 1 amide bonds. The number of nitrogens with two attached hydrogens (primary N) is 2. The van der Waals surface area contributed by atoms with Crippen LogP contribution in [-0.2, 0) is 0 Å². The average Bonchev–Trinajstić information content (AvgIpc) is 2.97. The van der Waals surface area contributed by atoms with Gasteiger partial charge in [0.05, 0.1) is 16.8 Å². The molecule has 6 N–H and O–H groups in total. The normalized spacial score (nSPS) is 15.0. The number of carbonyl (C=O) groups is 1. The number of rotatable bonds is 6. The van der Waals surface area contributed by atoms with Crippen molar-refractivity contribution in [1.82, 2.24) is 14.9 Å². The van der Waals surface area contributed by atoms with Gasteiger partial charge in [0.25, 0.3) is 5.91 Å². The molecule has 0 radical (unpaired) electrons. The SMILES string of the molecule is CNC1(COc2nc3c(cc2C)c(C(N)=O)c(N)n3-c2c(C)c(O)cc(F)c2C)CCC1. The van der Waals surface area contributed by atoms with Crippen molar-refractivity contribution in [2.24, 2.45) is 5.73 Å². The molecular formula is C23H28FN5O3. The molecule has 1 aromatic carbocycles. The number of aromatic nitrogens is 2. The number of halogens is 1. The maximum atomic E-state index is 14.5. The number of anilines is 1. The highest BCUT2D eigenvalue weighted by atomic mass is 19.1. The smallest absolute Gasteiger partial charge is 0.253 e. The highest BCUT2D eigenvalue weighted by Gasteiger charge is 2.36. The third-order valence-electron chi connectivity index (χ3n) is 6.64. The number of pyridine rings is 1. The molecule has 9 heteroatoms. The van der Waals surface area contributed by atoms with Gasteiger partial charge in [-0.15, -0.1) is 0 Å². The van der Waals surface area contributed by atoms with E-state index in [1.165, 1.54) is 4.57 Å². The van der Waals surface area contributed by atoms with E-state index < -0.39 is 11.7 Å². The van der Waals surface area contributed by atoms with Crippen molar-refractivity contribution in [3.63, 3.8) is 0 Å². The zero-order valence-electron chi connectivity index (χ0n) is 18.7. The minimum atomic E-state index is -0.722. The molecule has 0 atom stereocenters. The second-order valence-corrected chi connectivity index (χ2v) is 8.59. The number of aromatic hydroxyl groups is 1. The van der Waals surface area contributed by atoms with Crippen LogP contribution in [0.2, 0.25) is 0 Å². The summed E-state index contributed by atoms with van der Waals surface area (Å²) in [5.74, 6) is -1.13. The van der Waals surface area contributed by atoms with E-state index in [0.29, 0.717) is 34.8 Å². The Kier molecular flexibility index (Phi) is 5.24. The lowest BCUT2D eigenvalue weighted by atomic mass is 9.77. The zero-order chi connectivity index (χ0) is 23.4. The number of hydrogen-bond donors (Lipinski definition) is 4. The maximum Gasteiger partial charge on any atom is 0.253 e. The van der Waals surface area contributed by atoms with Crippen LogP contribution in [0.4, 0.5) is 10.2 Å². The summed E-state index contributed by atoms with van der Waals surface area (Å²) >= 11 is 0. The van der Waals surface area contributed by atoms with Gasteiger partial charge in [-0.25, -0.2) is 4.39 Å². The van der Waals surface area contributed by atoms with Crippen molar-refractivity contribution in [2.75, 3.05) is 19.4 Å². The monoisotopic (exact) mass is 441 g/mol. The van der Waals surface area contributed by atoms with Gasteiger partial charge >= 0.3 is 0 Å².